The van der Waals surface area contributed by atoms with Gasteiger partial charge in [-0.25, -0.2) is 9.97 Å². The number of fused-ring (bicyclic) bond motifs is 1. The van der Waals surface area contributed by atoms with Crippen molar-refractivity contribution in [2.45, 2.75) is 20.3 Å². The summed E-state index contributed by atoms with van der Waals surface area (Å²) in [5, 5.41) is 10.8. The minimum atomic E-state index is 0.518. The molecule has 2 aromatic heterocycles. The summed E-state index contributed by atoms with van der Waals surface area (Å²) in [5.74, 6) is 0.950. The average Bonchev–Trinajstić information content (AvgIpc) is 2.73. The summed E-state index contributed by atoms with van der Waals surface area (Å²) in [6.07, 6.45) is 2.12. The monoisotopic (exact) mass is 246 g/mol. The molecule has 0 aliphatic heterocycles. The van der Waals surface area contributed by atoms with E-state index in [0.717, 1.165) is 29.1 Å². The second-order valence-corrected chi connectivity index (χ2v) is 4.66. The van der Waals surface area contributed by atoms with E-state index >= 15 is 0 Å². The lowest BCUT2D eigenvalue weighted by molar-refractivity contribution is 0.814. The van der Waals surface area contributed by atoms with Gasteiger partial charge in [0.25, 0.3) is 0 Å². The van der Waals surface area contributed by atoms with Crippen LogP contribution < -0.4 is 4.90 Å². The van der Waals surface area contributed by atoms with Gasteiger partial charge >= 0.3 is 0 Å². The van der Waals surface area contributed by atoms with Crippen LogP contribution in [0.3, 0.4) is 0 Å². The Hall–Kier alpha value is -1.67. The van der Waals surface area contributed by atoms with Crippen molar-refractivity contribution in [2.24, 2.45) is 0 Å². The lowest BCUT2D eigenvalue weighted by Crippen LogP contribution is -2.24. The Labute approximate surface area is 105 Å². The number of aryl methyl sites for hydroxylation is 1. The predicted molar refractivity (Wildman–Crippen MR) is 70.3 cm³/mol. The van der Waals surface area contributed by atoms with E-state index in [1.807, 2.05) is 0 Å². The van der Waals surface area contributed by atoms with E-state index in [4.69, 9.17) is 5.26 Å². The Morgan fingerprint density at radius 2 is 2.29 bits per heavy atom. The minimum Gasteiger partial charge on any atom is -0.355 e. The van der Waals surface area contributed by atoms with Crippen molar-refractivity contribution in [1.82, 2.24) is 9.97 Å². The summed E-state index contributed by atoms with van der Waals surface area (Å²) in [5.41, 5.74) is 2.21. The highest BCUT2D eigenvalue weighted by Crippen LogP contribution is 2.30. The zero-order valence-corrected chi connectivity index (χ0v) is 10.8. The molecule has 88 valence electrons. The zero-order valence-electron chi connectivity index (χ0n) is 9.97. The minimum absolute atomic E-state index is 0.518. The first-order valence-corrected chi connectivity index (χ1v) is 6.46. The fourth-order valence-corrected chi connectivity index (χ4v) is 2.80. The van der Waals surface area contributed by atoms with Crippen LogP contribution in [0.15, 0.2) is 11.7 Å². The van der Waals surface area contributed by atoms with E-state index in [0.29, 0.717) is 6.42 Å². The van der Waals surface area contributed by atoms with Crippen LogP contribution >= 0.6 is 11.3 Å². The van der Waals surface area contributed by atoms with Crippen LogP contribution in [0, 0.1) is 18.3 Å². The van der Waals surface area contributed by atoms with Gasteiger partial charge in [-0.05, 0) is 24.8 Å². The van der Waals surface area contributed by atoms with Gasteiger partial charge in [-0.15, -0.1) is 11.3 Å². The van der Waals surface area contributed by atoms with Crippen molar-refractivity contribution in [3.8, 4) is 6.07 Å². The highest BCUT2D eigenvalue weighted by Gasteiger charge is 2.13. The summed E-state index contributed by atoms with van der Waals surface area (Å²) in [6.45, 7) is 5.70. The van der Waals surface area contributed by atoms with Crippen LogP contribution in [-0.2, 0) is 0 Å². The molecule has 0 fully saturated rings. The molecule has 2 aromatic rings. The van der Waals surface area contributed by atoms with E-state index in [-0.39, 0.29) is 0 Å². The van der Waals surface area contributed by atoms with Crippen molar-refractivity contribution in [1.29, 1.82) is 5.26 Å². The summed E-state index contributed by atoms with van der Waals surface area (Å²) < 4.78 is 1.12. The Bertz CT molecular complexity index is 555. The van der Waals surface area contributed by atoms with Crippen LogP contribution in [0.25, 0.3) is 10.2 Å². The van der Waals surface area contributed by atoms with Gasteiger partial charge in [-0.1, -0.05) is 0 Å². The molecule has 0 N–H and O–H groups in total. The van der Waals surface area contributed by atoms with Gasteiger partial charge in [0.05, 0.1) is 22.7 Å². The van der Waals surface area contributed by atoms with Crippen LogP contribution in [-0.4, -0.2) is 23.1 Å². The smallest absolute Gasteiger partial charge is 0.150 e. The second kappa shape index (κ2) is 5.11. The Morgan fingerprint density at radius 3 is 3.00 bits per heavy atom. The summed E-state index contributed by atoms with van der Waals surface area (Å²) in [4.78, 5) is 10.8. The van der Waals surface area contributed by atoms with Gasteiger partial charge in [-0.2, -0.15) is 5.26 Å². The fraction of sp³-hybridized carbons (Fsp3) is 0.417. The molecule has 0 spiro atoms. The SMILES string of the molecule is CCN(CCC#N)c1ncnc2c(C)csc12. The van der Waals surface area contributed by atoms with E-state index in [1.165, 1.54) is 5.56 Å². The normalized spacial score (nSPS) is 10.4. The number of hydrogen-bond donors (Lipinski definition) is 0. The maximum absolute atomic E-state index is 8.67. The number of hydrogen-bond acceptors (Lipinski definition) is 5. The molecule has 0 aromatic carbocycles. The average molecular weight is 246 g/mol. The number of nitriles is 1. The molecule has 2 rings (SSSR count). The number of anilines is 1. The first-order valence-electron chi connectivity index (χ1n) is 5.58. The van der Waals surface area contributed by atoms with Crippen LogP contribution in [0.5, 0.6) is 0 Å². The number of rotatable bonds is 4. The van der Waals surface area contributed by atoms with Crippen molar-refractivity contribution >= 4 is 27.4 Å². The molecule has 0 amide bonds. The van der Waals surface area contributed by atoms with Gasteiger partial charge in [0, 0.05) is 13.1 Å². The first-order chi connectivity index (χ1) is 8.27. The highest BCUT2D eigenvalue weighted by atomic mass is 32.1. The molecular weight excluding hydrogens is 232 g/mol. The van der Waals surface area contributed by atoms with Crippen LogP contribution in [0.1, 0.15) is 18.9 Å². The number of nitrogens with zero attached hydrogens (tertiary/aromatic N) is 4. The number of thiophene rings is 1. The van der Waals surface area contributed by atoms with Gasteiger partial charge in [0.15, 0.2) is 0 Å². The van der Waals surface area contributed by atoms with Gasteiger partial charge in [0.1, 0.15) is 12.1 Å². The fourth-order valence-electron chi connectivity index (χ4n) is 1.78. The molecule has 0 atom stereocenters. The molecule has 0 aliphatic carbocycles. The van der Waals surface area contributed by atoms with E-state index in [9.17, 15) is 0 Å². The summed E-state index contributed by atoms with van der Waals surface area (Å²) in [7, 11) is 0. The topological polar surface area (TPSA) is 52.8 Å². The molecule has 17 heavy (non-hydrogen) atoms. The largest absolute Gasteiger partial charge is 0.355 e. The lowest BCUT2D eigenvalue weighted by Gasteiger charge is -2.20. The molecule has 0 bridgehead atoms. The molecule has 0 saturated carbocycles. The molecule has 2 heterocycles. The lowest BCUT2D eigenvalue weighted by atomic mass is 10.3. The van der Waals surface area contributed by atoms with Crippen molar-refractivity contribution in [3.05, 3.63) is 17.3 Å². The maximum Gasteiger partial charge on any atom is 0.150 e. The quantitative estimate of drug-likeness (QED) is 0.832. The third-order valence-corrected chi connectivity index (χ3v) is 3.77. The van der Waals surface area contributed by atoms with Gasteiger partial charge < -0.3 is 4.90 Å². The third kappa shape index (κ3) is 2.22. The Kier molecular flexibility index (Phi) is 3.55. The molecule has 5 heteroatoms. The molecular formula is C12H14N4S. The standard InChI is InChI=1S/C12H14N4S/c1-3-16(6-4-5-13)12-11-10(14-8-15-12)9(2)7-17-11/h7-8H,3-4,6H2,1-2H3. The van der Waals surface area contributed by atoms with Gasteiger partial charge in [-0.3, -0.25) is 0 Å². The number of aromatic nitrogens is 2. The Morgan fingerprint density at radius 1 is 1.47 bits per heavy atom. The third-order valence-electron chi connectivity index (χ3n) is 2.69. The molecule has 0 radical (unpaired) electrons. The van der Waals surface area contributed by atoms with E-state index in [2.05, 4.69) is 40.2 Å². The summed E-state index contributed by atoms with van der Waals surface area (Å²) in [6, 6.07) is 2.17. The van der Waals surface area contributed by atoms with E-state index < -0.39 is 0 Å². The Balaban J connectivity index is 2.43. The van der Waals surface area contributed by atoms with Crippen molar-refractivity contribution in [2.75, 3.05) is 18.0 Å². The van der Waals surface area contributed by atoms with Gasteiger partial charge in [0.2, 0.25) is 0 Å². The maximum atomic E-state index is 8.67. The molecule has 0 saturated heterocycles. The van der Waals surface area contributed by atoms with Crippen LogP contribution in [0.2, 0.25) is 0 Å². The molecule has 4 nitrogen and oxygen atoms in total. The first kappa shape index (κ1) is 11.8. The van der Waals surface area contributed by atoms with Crippen LogP contribution in [0.4, 0.5) is 5.82 Å². The second-order valence-electron chi connectivity index (χ2n) is 3.78. The highest BCUT2D eigenvalue weighted by molar-refractivity contribution is 7.18. The predicted octanol–water partition coefficient (Wildman–Crippen LogP) is 2.74. The molecule has 0 aliphatic rings. The van der Waals surface area contributed by atoms with Crippen molar-refractivity contribution in [3.63, 3.8) is 0 Å². The zero-order chi connectivity index (χ0) is 12.3. The molecule has 0 unspecified atom stereocenters. The van der Waals surface area contributed by atoms with Crippen molar-refractivity contribution < 1.29 is 0 Å². The summed E-state index contributed by atoms with van der Waals surface area (Å²) >= 11 is 1.67. The van der Waals surface area contributed by atoms with E-state index in [1.54, 1.807) is 17.7 Å².